The van der Waals surface area contributed by atoms with Crippen LogP contribution in [0.1, 0.15) is 85.5 Å². The normalized spacial score (nSPS) is 26.8. The Bertz CT molecular complexity index is 222. The maximum absolute atomic E-state index is 6.57. The zero-order valence-corrected chi connectivity index (χ0v) is 13.2. The van der Waals surface area contributed by atoms with Gasteiger partial charge in [0.25, 0.3) is 0 Å². The van der Waals surface area contributed by atoms with Crippen LogP contribution in [0.15, 0.2) is 0 Å². The third-order valence-electron chi connectivity index (χ3n) is 5.26. The minimum absolute atomic E-state index is 0.433. The van der Waals surface area contributed by atoms with Crippen LogP contribution >= 0.6 is 0 Å². The van der Waals surface area contributed by atoms with Gasteiger partial charge in [0.05, 0.1) is 0 Å². The van der Waals surface area contributed by atoms with Crippen LogP contribution in [0.2, 0.25) is 0 Å². The van der Waals surface area contributed by atoms with E-state index in [1.165, 1.54) is 57.8 Å². The summed E-state index contributed by atoms with van der Waals surface area (Å²) in [4.78, 5) is 0. The molecule has 1 rings (SSSR count). The highest BCUT2D eigenvalue weighted by molar-refractivity contribution is 4.89. The van der Waals surface area contributed by atoms with Gasteiger partial charge in [-0.3, -0.25) is 0 Å². The van der Waals surface area contributed by atoms with Gasteiger partial charge in [-0.25, -0.2) is 0 Å². The Morgan fingerprint density at radius 3 is 2.50 bits per heavy atom. The van der Waals surface area contributed by atoms with Crippen LogP contribution in [0.5, 0.6) is 0 Å². The smallest absolute Gasteiger partial charge is 0.00748 e. The molecule has 0 aromatic carbocycles. The fraction of sp³-hybridized carbons (Fsp3) is 1.00. The predicted octanol–water partition coefficient (Wildman–Crippen LogP) is 5.14. The average Bonchev–Trinajstić information content (AvgIpc) is 2.33. The zero-order valence-electron chi connectivity index (χ0n) is 13.2. The molecule has 0 heterocycles. The minimum atomic E-state index is 0.433. The molecule has 1 nitrogen and oxygen atoms in total. The molecule has 0 bridgehead atoms. The molecule has 0 amide bonds. The Morgan fingerprint density at radius 1 is 1.22 bits per heavy atom. The van der Waals surface area contributed by atoms with Crippen molar-refractivity contribution in [2.24, 2.45) is 23.0 Å². The van der Waals surface area contributed by atoms with Crippen molar-refractivity contribution in [2.45, 2.75) is 91.5 Å². The van der Waals surface area contributed by atoms with E-state index < -0.39 is 0 Å². The number of unbranched alkanes of at least 4 members (excludes halogenated alkanes) is 1. The van der Waals surface area contributed by atoms with E-state index in [9.17, 15) is 0 Å². The molecule has 0 saturated heterocycles. The summed E-state index contributed by atoms with van der Waals surface area (Å²) in [5.74, 6) is 1.61. The van der Waals surface area contributed by atoms with Crippen molar-refractivity contribution in [1.82, 2.24) is 0 Å². The molecule has 0 spiro atoms. The van der Waals surface area contributed by atoms with E-state index in [1.54, 1.807) is 0 Å². The van der Waals surface area contributed by atoms with Crippen LogP contribution in [0.4, 0.5) is 0 Å². The Balaban J connectivity index is 2.48. The SMILES string of the molecule is CCCCC(CC)CC(N)C1CCCCC1(C)C. The summed E-state index contributed by atoms with van der Waals surface area (Å²) >= 11 is 0. The summed E-state index contributed by atoms with van der Waals surface area (Å²) in [6.07, 6.45) is 12.2. The number of hydrogen-bond acceptors (Lipinski definition) is 1. The second-order valence-electron chi connectivity index (χ2n) is 7.16. The topological polar surface area (TPSA) is 26.0 Å². The van der Waals surface area contributed by atoms with Crippen LogP contribution in [0.25, 0.3) is 0 Å². The van der Waals surface area contributed by atoms with Crippen molar-refractivity contribution >= 4 is 0 Å². The highest BCUT2D eigenvalue weighted by atomic mass is 14.7. The molecular formula is C17H35N. The molecular weight excluding hydrogens is 218 g/mol. The van der Waals surface area contributed by atoms with Crippen molar-refractivity contribution in [1.29, 1.82) is 0 Å². The van der Waals surface area contributed by atoms with E-state index in [4.69, 9.17) is 5.73 Å². The Hall–Kier alpha value is -0.0400. The quantitative estimate of drug-likeness (QED) is 0.668. The molecule has 3 atom stereocenters. The molecule has 0 aromatic rings. The van der Waals surface area contributed by atoms with Crippen LogP contribution in [0, 0.1) is 17.3 Å². The Morgan fingerprint density at radius 2 is 1.94 bits per heavy atom. The van der Waals surface area contributed by atoms with Gasteiger partial charge in [-0.2, -0.15) is 0 Å². The molecule has 1 fully saturated rings. The minimum Gasteiger partial charge on any atom is -0.327 e. The summed E-state index contributed by atoms with van der Waals surface area (Å²) in [7, 11) is 0. The summed E-state index contributed by atoms with van der Waals surface area (Å²) in [5, 5.41) is 0. The third-order valence-corrected chi connectivity index (χ3v) is 5.26. The third kappa shape index (κ3) is 4.57. The summed E-state index contributed by atoms with van der Waals surface area (Å²) in [6.45, 7) is 9.49. The lowest BCUT2D eigenvalue weighted by Crippen LogP contribution is -2.42. The van der Waals surface area contributed by atoms with E-state index in [-0.39, 0.29) is 0 Å². The van der Waals surface area contributed by atoms with Crippen molar-refractivity contribution in [3.05, 3.63) is 0 Å². The van der Waals surface area contributed by atoms with Crippen molar-refractivity contribution in [3.8, 4) is 0 Å². The van der Waals surface area contributed by atoms with Gasteiger partial charge in [-0.15, -0.1) is 0 Å². The second-order valence-corrected chi connectivity index (χ2v) is 7.16. The summed E-state index contributed by atoms with van der Waals surface area (Å²) < 4.78 is 0. The van der Waals surface area contributed by atoms with Crippen molar-refractivity contribution in [2.75, 3.05) is 0 Å². The van der Waals surface area contributed by atoms with Crippen LogP contribution in [0.3, 0.4) is 0 Å². The average molecular weight is 253 g/mol. The van der Waals surface area contributed by atoms with Gasteiger partial charge in [-0.1, -0.05) is 66.2 Å². The van der Waals surface area contributed by atoms with Gasteiger partial charge >= 0.3 is 0 Å². The van der Waals surface area contributed by atoms with E-state index >= 15 is 0 Å². The molecule has 3 unspecified atom stereocenters. The number of hydrogen-bond donors (Lipinski definition) is 1. The largest absolute Gasteiger partial charge is 0.327 e. The first-order chi connectivity index (χ1) is 8.51. The van der Waals surface area contributed by atoms with Gasteiger partial charge in [0, 0.05) is 6.04 Å². The second kappa shape index (κ2) is 7.53. The monoisotopic (exact) mass is 253 g/mol. The molecule has 0 aliphatic heterocycles. The first-order valence-electron chi connectivity index (χ1n) is 8.26. The lowest BCUT2D eigenvalue weighted by atomic mass is 9.64. The molecule has 108 valence electrons. The number of nitrogens with two attached hydrogens (primary N) is 1. The number of rotatable bonds is 7. The van der Waals surface area contributed by atoms with Gasteiger partial charge in [0.2, 0.25) is 0 Å². The highest BCUT2D eigenvalue weighted by Gasteiger charge is 2.36. The molecule has 1 aliphatic carbocycles. The fourth-order valence-electron chi connectivity index (χ4n) is 3.85. The van der Waals surface area contributed by atoms with Gasteiger partial charge in [0.15, 0.2) is 0 Å². The summed E-state index contributed by atoms with van der Waals surface area (Å²) in [5.41, 5.74) is 7.05. The maximum Gasteiger partial charge on any atom is 0.00748 e. The lowest BCUT2D eigenvalue weighted by Gasteiger charge is -2.43. The molecule has 1 heteroatoms. The molecule has 0 radical (unpaired) electrons. The summed E-state index contributed by atoms with van der Waals surface area (Å²) in [6, 6.07) is 0.433. The zero-order chi connectivity index (χ0) is 13.6. The standard InChI is InChI=1S/C17H35N/c1-5-7-10-14(6-2)13-16(18)15-11-8-9-12-17(15,3)4/h14-16H,5-13,18H2,1-4H3. The predicted molar refractivity (Wildman–Crippen MR) is 81.6 cm³/mol. The Labute approximate surface area is 115 Å². The maximum atomic E-state index is 6.57. The van der Waals surface area contributed by atoms with Crippen LogP contribution in [-0.2, 0) is 0 Å². The van der Waals surface area contributed by atoms with Crippen LogP contribution in [-0.4, -0.2) is 6.04 Å². The van der Waals surface area contributed by atoms with Gasteiger partial charge < -0.3 is 5.73 Å². The molecule has 1 aliphatic rings. The fourth-order valence-corrected chi connectivity index (χ4v) is 3.85. The first kappa shape index (κ1) is 16.0. The van der Waals surface area contributed by atoms with Gasteiger partial charge in [-0.05, 0) is 36.5 Å². The van der Waals surface area contributed by atoms with E-state index in [0.29, 0.717) is 11.5 Å². The highest BCUT2D eigenvalue weighted by Crippen LogP contribution is 2.43. The van der Waals surface area contributed by atoms with Crippen molar-refractivity contribution < 1.29 is 0 Å². The van der Waals surface area contributed by atoms with E-state index in [2.05, 4.69) is 27.7 Å². The van der Waals surface area contributed by atoms with Crippen LogP contribution < -0.4 is 5.73 Å². The molecule has 2 N–H and O–H groups in total. The van der Waals surface area contributed by atoms with Crippen molar-refractivity contribution in [3.63, 3.8) is 0 Å². The van der Waals surface area contributed by atoms with E-state index in [0.717, 1.165) is 11.8 Å². The molecule has 0 aromatic heterocycles. The van der Waals surface area contributed by atoms with Gasteiger partial charge in [0.1, 0.15) is 0 Å². The Kier molecular flexibility index (Phi) is 6.70. The van der Waals surface area contributed by atoms with E-state index in [1.807, 2.05) is 0 Å². The first-order valence-corrected chi connectivity index (χ1v) is 8.26. The lowest BCUT2D eigenvalue weighted by molar-refractivity contribution is 0.101. The molecule has 18 heavy (non-hydrogen) atoms. The molecule has 1 saturated carbocycles.